The molecule has 3 fully saturated rings. The first-order valence-electron chi connectivity index (χ1n) is 10.9. The van der Waals surface area contributed by atoms with Gasteiger partial charge >= 0.3 is 0 Å². The third kappa shape index (κ3) is 2.76. The van der Waals surface area contributed by atoms with E-state index in [1.54, 1.807) is 0 Å². The van der Waals surface area contributed by atoms with Gasteiger partial charge in [0, 0.05) is 17.5 Å². The normalized spacial score (nSPS) is 31.2. The Morgan fingerprint density at radius 2 is 1.94 bits per heavy atom. The zero-order chi connectivity index (χ0) is 21.2. The molecule has 0 saturated heterocycles. The molecule has 0 unspecified atom stereocenters. The number of anilines is 2. The molecule has 4 atom stereocenters. The molecule has 2 aromatic carbocycles. The van der Waals surface area contributed by atoms with Crippen LogP contribution in [0, 0.1) is 17.3 Å². The molecule has 7 rings (SSSR count). The Kier molecular flexibility index (Phi) is 3.76. The number of nitrogens with one attached hydrogen (secondary N) is 4. The number of H-pyrrole nitrogens is 1. The van der Waals surface area contributed by atoms with Gasteiger partial charge in [-0.2, -0.15) is 0 Å². The van der Waals surface area contributed by atoms with Gasteiger partial charge in [0.2, 0.25) is 11.9 Å². The Hall–Kier alpha value is -3.35. The van der Waals surface area contributed by atoms with Crippen LogP contribution < -0.4 is 16.0 Å². The molecule has 2 heterocycles. The number of amides is 2. The lowest BCUT2D eigenvalue weighted by Gasteiger charge is -2.60. The van der Waals surface area contributed by atoms with Crippen LogP contribution in [0.4, 0.5) is 11.6 Å². The van der Waals surface area contributed by atoms with Gasteiger partial charge in [-0.05, 0) is 55.4 Å². The number of nitrogens with zero attached hydrogens (tertiary/aromatic N) is 1. The highest BCUT2D eigenvalue weighted by Crippen LogP contribution is 2.58. The van der Waals surface area contributed by atoms with Gasteiger partial charge in [-0.3, -0.25) is 14.9 Å². The van der Waals surface area contributed by atoms with E-state index in [4.69, 9.17) is 0 Å². The number of carbonyl (C=O) groups excluding carboxylic acids is 2. The Labute approximate surface area is 180 Å². The minimum absolute atomic E-state index is 0.00337. The van der Waals surface area contributed by atoms with Crippen LogP contribution in [0.1, 0.15) is 43.0 Å². The Balaban J connectivity index is 1.26. The molecule has 1 spiro atoms. The lowest BCUT2D eigenvalue weighted by atomic mass is 9.51. The number of imidazole rings is 1. The van der Waals surface area contributed by atoms with Crippen molar-refractivity contribution in [3.63, 3.8) is 0 Å². The largest absolute Gasteiger partial charge is 0.362 e. The molecule has 158 valence electrons. The lowest BCUT2D eigenvalue weighted by Crippen LogP contribution is -2.70. The van der Waals surface area contributed by atoms with Crippen molar-refractivity contribution < 1.29 is 9.59 Å². The predicted octanol–water partition coefficient (Wildman–Crippen LogP) is 3.88. The SMILES string of the molecule is C[C@@]12CC[C@@H](C[C@H]1C(=O)Nc1nc3ccccc3[nH]1)[C@@]1(C2)NC(=O)c2ccccc2N1. The van der Waals surface area contributed by atoms with Crippen LogP contribution in [0.15, 0.2) is 48.5 Å². The number of rotatable bonds is 2. The van der Waals surface area contributed by atoms with Crippen LogP contribution in [0.2, 0.25) is 0 Å². The third-order valence-corrected chi connectivity index (χ3v) is 7.62. The Morgan fingerprint density at radius 3 is 2.77 bits per heavy atom. The summed E-state index contributed by atoms with van der Waals surface area (Å²) in [7, 11) is 0. The molecule has 3 aliphatic carbocycles. The van der Waals surface area contributed by atoms with Crippen LogP contribution in [-0.4, -0.2) is 27.4 Å². The molecule has 7 heteroatoms. The molecule has 3 aromatic rings. The van der Waals surface area contributed by atoms with Crippen molar-refractivity contribution in [1.82, 2.24) is 15.3 Å². The van der Waals surface area contributed by atoms with Crippen molar-refractivity contribution in [3.05, 3.63) is 54.1 Å². The van der Waals surface area contributed by atoms with Gasteiger partial charge in [0.05, 0.1) is 16.6 Å². The number of fused-ring (bicyclic) bond motifs is 4. The van der Waals surface area contributed by atoms with E-state index < -0.39 is 5.66 Å². The van der Waals surface area contributed by atoms with E-state index in [2.05, 4.69) is 32.8 Å². The molecular formula is C24H25N5O2. The summed E-state index contributed by atoms with van der Waals surface area (Å²) < 4.78 is 0. The fourth-order valence-corrected chi connectivity index (χ4v) is 6.07. The summed E-state index contributed by atoms with van der Waals surface area (Å²) in [4.78, 5) is 33.8. The highest BCUT2D eigenvalue weighted by molar-refractivity contribution is 6.02. The zero-order valence-electron chi connectivity index (χ0n) is 17.4. The minimum Gasteiger partial charge on any atom is -0.362 e. The number of para-hydroxylation sites is 3. The van der Waals surface area contributed by atoms with Gasteiger partial charge in [0.25, 0.3) is 5.91 Å². The Bertz CT molecular complexity index is 1190. The summed E-state index contributed by atoms with van der Waals surface area (Å²) in [5, 5.41) is 9.93. The van der Waals surface area contributed by atoms with E-state index in [-0.39, 0.29) is 29.1 Å². The predicted molar refractivity (Wildman–Crippen MR) is 119 cm³/mol. The van der Waals surface area contributed by atoms with Crippen LogP contribution in [0.5, 0.6) is 0 Å². The summed E-state index contributed by atoms with van der Waals surface area (Å²) >= 11 is 0. The second-order valence-electron chi connectivity index (χ2n) is 9.54. The standard InChI is InChI=1S/C24H25N5O2/c1-23-11-10-14(24(13-23)28-17-7-3-2-6-15(17)20(30)29-24)12-16(23)21(31)27-22-25-18-8-4-5-9-19(18)26-22/h2-9,14,16,28H,10-13H2,1H3,(H,29,30)(H2,25,26,27,31)/t14-,16-,23-,24+/m0/s1. The van der Waals surface area contributed by atoms with E-state index in [0.717, 1.165) is 42.4 Å². The first kappa shape index (κ1) is 18.4. The van der Waals surface area contributed by atoms with Gasteiger partial charge in [0.15, 0.2) is 0 Å². The molecular weight excluding hydrogens is 390 g/mol. The number of carbonyl (C=O) groups is 2. The molecule has 1 aromatic heterocycles. The van der Waals surface area contributed by atoms with Crippen molar-refractivity contribution in [3.8, 4) is 0 Å². The van der Waals surface area contributed by atoms with E-state index in [1.165, 1.54) is 0 Å². The van der Waals surface area contributed by atoms with Crippen molar-refractivity contribution in [1.29, 1.82) is 0 Å². The molecule has 4 aliphatic rings. The van der Waals surface area contributed by atoms with Crippen molar-refractivity contribution in [2.24, 2.45) is 17.3 Å². The lowest BCUT2D eigenvalue weighted by molar-refractivity contribution is -0.134. The molecule has 4 N–H and O–H groups in total. The quantitative estimate of drug-likeness (QED) is 0.510. The first-order valence-corrected chi connectivity index (χ1v) is 10.9. The summed E-state index contributed by atoms with van der Waals surface area (Å²) in [5.41, 5.74) is 2.60. The molecule has 2 amide bonds. The second-order valence-corrected chi connectivity index (χ2v) is 9.54. The fraction of sp³-hybridized carbons (Fsp3) is 0.375. The number of hydrogen-bond donors (Lipinski definition) is 4. The van der Waals surface area contributed by atoms with E-state index >= 15 is 0 Å². The van der Waals surface area contributed by atoms with Crippen LogP contribution in [0.3, 0.4) is 0 Å². The van der Waals surface area contributed by atoms with E-state index in [9.17, 15) is 9.59 Å². The molecule has 31 heavy (non-hydrogen) atoms. The topological polar surface area (TPSA) is 98.9 Å². The summed E-state index contributed by atoms with van der Waals surface area (Å²) in [6.07, 6.45) is 3.41. The van der Waals surface area contributed by atoms with Crippen LogP contribution >= 0.6 is 0 Å². The number of aromatic amines is 1. The second kappa shape index (κ2) is 6.33. The van der Waals surface area contributed by atoms with Crippen LogP contribution in [0.25, 0.3) is 11.0 Å². The van der Waals surface area contributed by atoms with Gasteiger partial charge in [-0.15, -0.1) is 0 Å². The summed E-state index contributed by atoms with van der Waals surface area (Å²) in [6.45, 7) is 2.18. The number of benzene rings is 2. The molecule has 0 radical (unpaired) electrons. The Morgan fingerprint density at radius 1 is 1.13 bits per heavy atom. The fourth-order valence-electron chi connectivity index (χ4n) is 6.07. The van der Waals surface area contributed by atoms with Gasteiger partial charge < -0.3 is 15.6 Å². The van der Waals surface area contributed by atoms with Gasteiger partial charge in [-0.25, -0.2) is 4.98 Å². The smallest absolute Gasteiger partial charge is 0.255 e. The zero-order valence-corrected chi connectivity index (χ0v) is 17.4. The maximum Gasteiger partial charge on any atom is 0.255 e. The molecule has 7 nitrogen and oxygen atoms in total. The van der Waals surface area contributed by atoms with Crippen LogP contribution in [-0.2, 0) is 4.79 Å². The maximum atomic E-state index is 13.3. The summed E-state index contributed by atoms with van der Waals surface area (Å²) in [6, 6.07) is 15.4. The molecule has 3 saturated carbocycles. The monoisotopic (exact) mass is 415 g/mol. The highest BCUT2D eigenvalue weighted by Gasteiger charge is 2.60. The number of aromatic nitrogens is 2. The first-order chi connectivity index (χ1) is 15.0. The van der Waals surface area contributed by atoms with Gasteiger partial charge in [0.1, 0.15) is 5.66 Å². The van der Waals surface area contributed by atoms with E-state index in [0.29, 0.717) is 11.5 Å². The van der Waals surface area contributed by atoms with Gasteiger partial charge in [-0.1, -0.05) is 31.2 Å². The summed E-state index contributed by atoms with van der Waals surface area (Å²) in [5.74, 6) is 0.528. The molecule has 1 aliphatic heterocycles. The van der Waals surface area contributed by atoms with E-state index in [1.807, 2.05) is 48.5 Å². The average molecular weight is 415 g/mol. The third-order valence-electron chi connectivity index (χ3n) is 7.62. The van der Waals surface area contributed by atoms with Crippen molar-refractivity contribution in [2.75, 3.05) is 10.6 Å². The van der Waals surface area contributed by atoms with Crippen molar-refractivity contribution >= 4 is 34.5 Å². The average Bonchev–Trinajstić information content (AvgIpc) is 3.15. The number of hydrogen-bond acceptors (Lipinski definition) is 4. The minimum atomic E-state index is -0.491. The molecule has 2 bridgehead atoms. The highest BCUT2D eigenvalue weighted by atomic mass is 16.2. The maximum absolute atomic E-state index is 13.3. The van der Waals surface area contributed by atoms with Crippen molar-refractivity contribution in [2.45, 2.75) is 38.3 Å².